The number of nitrogens with zero attached hydrogens (tertiary/aromatic N) is 2. The summed E-state index contributed by atoms with van der Waals surface area (Å²) in [7, 11) is 1.61. The molecule has 0 unspecified atom stereocenters. The summed E-state index contributed by atoms with van der Waals surface area (Å²) in [6.45, 7) is 2.42. The Hall–Kier alpha value is -3.00. The third kappa shape index (κ3) is 5.01. The van der Waals surface area contributed by atoms with Gasteiger partial charge in [0.1, 0.15) is 11.5 Å². The van der Waals surface area contributed by atoms with E-state index in [-0.39, 0.29) is 11.7 Å². The molecule has 8 heteroatoms. The largest absolute Gasteiger partial charge is 0.497 e. The number of para-hydroxylation sites is 2. The molecule has 0 atom stereocenters. The van der Waals surface area contributed by atoms with Crippen LogP contribution in [0.2, 0.25) is 0 Å². The van der Waals surface area contributed by atoms with Gasteiger partial charge < -0.3 is 19.2 Å². The number of benzene rings is 2. The van der Waals surface area contributed by atoms with Crippen LogP contribution in [-0.4, -0.2) is 35.6 Å². The summed E-state index contributed by atoms with van der Waals surface area (Å²) in [5.41, 5.74) is 1.42. The van der Waals surface area contributed by atoms with Gasteiger partial charge in [-0.25, -0.2) is 0 Å². The number of methoxy groups -OCH3 is 1. The summed E-state index contributed by atoms with van der Waals surface area (Å²) in [5, 5.41) is 11.1. The van der Waals surface area contributed by atoms with Crippen molar-refractivity contribution in [2.45, 2.75) is 12.1 Å². The summed E-state index contributed by atoms with van der Waals surface area (Å²) in [6.07, 6.45) is 0. The first-order valence-corrected chi connectivity index (χ1v) is 9.30. The SMILES string of the molecule is CCOc1ccccc1NC(=O)CSc1nnc(-c2ccc(OC)cc2)o1. The van der Waals surface area contributed by atoms with Gasteiger partial charge >= 0.3 is 0 Å². The summed E-state index contributed by atoms with van der Waals surface area (Å²) < 4.78 is 16.2. The molecule has 140 valence electrons. The van der Waals surface area contributed by atoms with E-state index in [9.17, 15) is 4.79 Å². The maximum atomic E-state index is 12.2. The van der Waals surface area contributed by atoms with Crippen LogP contribution in [0.4, 0.5) is 5.69 Å². The second kappa shape index (κ2) is 9.09. The zero-order valence-electron chi connectivity index (χ0n) is 15.0. The molecule has 2 aromatic carbocycles. The Kier molecular flexibility index (Phi) is 6.32. The Labute approximate surface area is 161 Å². The number of nitrogens with one attached hydrogen (secondary N) is 1. The molecule has 0 fully saturated rings. The number of hydrogen-bond acceptors (Lipinski definition) is 7. The summed E-state index contributed by atoms with van der Waals surface area (Å²) in [4.78, 5) is 12.2. The highest BCUT2D eigenvalue weighted by Gasteiger charge is 2.13. The van der Waals surface area contributed by atoms with Crippen molar-refractivity contribution in [2.75, 3.05) is 24.8 Å². The molecule has 0 aliphatic heterocycles. The maximum Gasteiger partial charge on any atom is 0.277 e. The normalized spacial score (nSPS) is 10.4. The van der Waals surface area contributed by atoms with Gasteiger partial charge in [0.05, 0.1) is 25.2 Å². The van der Waals surface area contributed by atoms with Crippen molar-refractivity contribution < 1.29 is 18.7 Å². The highest BCUT2D eigenvalue weighted by atomic mass is 32.2. The highest BCUT2D eigenvalue weighted by molar-refractivity contribution is 7.99. The van der Waals surface area contributed by atoms with E-state index in [1.807, 2.05) is 49.4 Å². The predicted octanol–water partition coefficient (Wildman–Crippen LogP) is 3.87. The molecule has 0 aliphatic carbocycles. The fourth-order valence-corrected chi connectivity index (χ4v) is 2.85. The smallest absolute Gasteiger partial charge is 0.277 e. The molecule has 0 aliphatic rings. The van der Waals surface area contributed by atoms with Gasteiger partial charge in [0.25, 0.3) is 5.22 Å². The van der Waals surface area contributed by atoms with Gasteiger partial charge in [0.15, 0.2) is 0 Å². The molecule has 0 saturated heterocycles. The minimum atomic E-state index is -0.184. The lowest BCUT2D eigenvalue weighted by Crippen LogP contribution is -2.14. The van der Waals surface area contributed by atoms with Gasteiger partial charge in [0.2, 0.25) is 11.8 Å². The van der Waals surface area contributed by atoms with Crippen LogP contribution in [0.15, 0.2) is 58.2 Å². The molecular weight excluding hydrogens is 366 g/mol. The number of ether oxygens (including phenoxy) is 2. The zero-order chi connectivity index (χ0) is 19.1. The van der Waals surface area contributed by atoms with Gasteiger partial charge in [-0.05, 0) is 43.3 Å². The first kappa shape index (κ1) is 18.8. The van der Waals surface area contributed by atoms with Crippen LogP contribution < -0.4 is 14.8 Å². The number of hydrogen-bond donors (Lipinski definition) is 1. The summed E-state index contributed by atoms with van der Waals surface area (Å²) >= 11 is 1.17. The third-order valence-electron chi connectivity index (χ3n) is 3.53. The van der Waals surface area contributed by atoms with E-state index >= 15 is 0 Å². The lowest BCUT2D eigenvalue weighted by molar-refractivity contribution is -0.113. The van der Waals surface area contributed by atoms with Crippen molar-refractivity contribution in [3.8, 4) is 23.0 Å². The maximum absolute atomic E-state index is 12.2. The molecule has 0 radical (unpaired) electrons. The summed E-state index contributed by atoms with van der Waals surface area (Å²) in [6, 6.07) is 14.6. The van der Waals surface area contributed by atoms with Gasteiger partial charge in [-0.1, -0.05) is 23.9 Å². The molecule has 3 rings (SSSR count). The summed E-state index contributed by atoms with van der Waals surface area (Å²) in [5.74, 6) is 1.73. The molecular formula is C19H19N3O4S. The predicted molar refractivity (Wildman–Crippen MR) is 103 cm³/mol. The molecule has 1 amide bonds. The van der Waals surface area contributed by atoms with Gasteiger partial charge in [-0.3, -0.25) is 4.79 Å². The zero-order valence-corrected chi connectivity index (χ0v) is 15.8. The lowest BCUT2D eigenvalue weighted by atomic mass is 10.2. The average Bonchev–Trinajstić information content (AvgIpc) is 3.17. The topological polar surface area (TPSA) is 86.5 Å². The van der Waals surface area contributed by atoms with Crippen molar-refractivity contribution in [3.05, 3.63) is 48.5 Å². The number of carbonyl (C=O) groups excluding carboxylic acids is 1. The minimum absolute atomic E-state index is 0.144. The van der Waals surface area contributed by atoms with E-state index in [4.69, 9.17) is 13.9 Å². The van der Waals surface area contributed by atoms with Crippen LogP contribution in [0.25, 0.3) is 11.5 Å². The second-order valence-electron chi connectivity index (χ2n) is 5.37. The number of amides is 1. The molecule has 0 bridgehead atoms. The Morgan fingerprint density at radius 2 is 1.93 bits per heavy atom. The number of rotatable bonds is 8. The standard InChI is InChI=1S/C19H19N3O4S/c1-3-25-16-7-5-4-6-15(16)20-17(23)12-27-19-22-21-18(26-19)13-8-10-14(24-2)11-9-13/h4-11H,3,12H2,1-2H3,(H,20,23). The Morgan fingerprint density at radius 3 is 2.67 bits per heavy atom. The molecule has 0 saturated carbocycles. The van der Waals surface area contributed by atoms with E-state index in [2.05, 4.69) is 15.5 Å². The Morgan fingerprint density at radius 1 is 1.15 bits per heavy atom. The van der Waals surface area contributed by atoms with E-state index in [0.29, 0.717) is 29.2 Å². The molecule has 1 N–H and O–H groups in total. The number of carbonyl (C=O) groups is 1. The number of aromatic nitrogens is 2. The monoisotopic (exact) mass is 385 g/mol. The van der Waals surface area contributed by atoms with Crippen molar-refractivity contribution in [1.82, 2.24) is 10.2 Å². The van der Waals surface area contributed by atoms with E-state index < -0.39 is 0 Å². The van der Waals surface area contributed by atoms with Crippen molar-refractivity contribution in [2.24, 2.45) is 0 Å². The highest BCUT2D eigenvalue weighted by Crippen LogP contribution is 2.26. The first-order chi connectivity index (χ1) is 13.2. The van der Waals surface area contributed by atoms with Crippen LogP contribution in [0.5, 0.6) is 11.5 Å². The number of thioether (sulfide) groups is 1. The van der Waals surface area contributed by atoms with E-state index in [1.165, 1.54) is 11.8 Å². The minimum Gasteiger partial charge on any atom is -0.497 e. The quantitative estimate of drug-likeness (QED) is 0.589. The fraction of sp³-hybridized carbons (Fsp3) is 0.211. The Bertz CT molecular complexity index is 896. The number of anilines is 1. The molecule has 3 aromatic rings. The van der Waals surface area contributed by atoms with Crippen LogP contribution in [-0.2, 0) is 4.79 Å². The molecule has 1 heterocycles. The Balaban J connectivity index is 1.57. The van der Waals surface area contributed by atoms with Crippen LogP contribution in [0, 0.1) is 0 Å². The van der Waals surface area contributed by atoms with Crippen molar-refractivity contribution in [1.29, 1.82) is 0 Å². The van der Waals surface area contributed by atoms with Crippen LogP contribution >= 0.6 is 11.8 Å². The first-order valence-electron chi connectivity index (χ1n) is 8.32. The fourth-order valence-electron chi connectivity index (χ4n) is 2.28. The van der Waals surface area contributed by atoms with Crippen LogP contribution in [0.3, 0.4) is 0 Å². The molecule has 27 heavy (non-hydrogen) atoms. The second-order valence-corrected chi connectivity index (χ2v) is 6.29. The van der Waals surface area contributed by atoms with Crippen molar-refractivity contribution in [3.63, 3.8) is 0 Å². The average molecular weight is 385 g/mol. The molecule has 0 spiro atoms. The van der Waals surface area contributed by atoms with E-state index in [0.717, 1.165) is 11.3 Å². The molecule has 7 nitrogen and oxygen atoms in total. The third-order valence-corrected chi connectivity index (χ3v) is 4.35. The van der Waals surface area contributed by atoms with Crippen molar-refractivity contribution >= 4 is 23.4 Å². The van der Waals surface area contributed by atoms with E-state index in [1.54, 1.807) is 13.2 Å². The lowest BCUT2D eigenvalue weighted by Gasteiger charge is -2.10. The van der Waals surface area contributed by atoms with Gasteiger partial charge in [-0.2, -0.15) is 0 Å². The van der Waals surface area contributed by atoms with Gasteiger partial charge in [-0.15, -0.1) is 10.2 Å². The van der Waals surface area contributed by atoms with Gasteiger partial charge in [0, 0.05) is 5.56 Å². The molecule has 1 aromatic heterocycles. The van der Waals surface area contributed by atoms with Crippen LogP contribution in [0.1, 0.15) is 6.92 Å².